The molecule has 0 aliphatic heterocycles. The molecule has 2 N–H and O–H groups in total. The van der Waals surface area contributed by atoms with Crippen molar-refractivity contribution >= 4 is 10.0 Å². The summed E-state index contributed by atoms with van der Waals surface area (Å²) in [6.45, 7) is 2.23. The van der Waals surface area contributed by atoms with Crippen LogP contribution >= 0.6 is 0 Å². The maximum Gasteiger partial charge on any atom is 0.273 e. The number of methoxy groups -OCH3 is 1. The van der Waals surface area contributed by atoms with Gasteiger partial charge in [0, 0.05) is 20.3 Å². The molecule has 1 aromatic rings. The van der Waals surface area contributed by atoms with Crippen molar-refractivity contribution in [1.29, 1.82) is 0 Å². The normalized spacial score (nSPS) is 17.3. The van der Waals surface area contributed by atoms with E-state index in [0.29, 0.717) is 17.7 Å². The van der Waals surface area contributed by atoms with Crippen LogP contribution < -0.4 is 10.0 Å². The van der Waals surface area contributed by atoms with Crippen LogP contribution in [0.1, 0.15) is 25.0 Å². The molecule has 0 radical (unpaired) electrons. The largest absolute Gasteiger partial charge is 0.447 e. The fraction of sp³-hybridized carbons (Fsp3) is 0.692. The highest BCUT2D eigenvalue weighted by molar-refractivity contribution is 7.89. The standard InChI is InChI=1S/C13H22N2O4S/c1-14-20(16,17)12-4-3-11(19-12)9-15-10-13(5-6-13)7-8-18-2/h3-4,14-15H,5-10H2,1-2H3. The first-order chi connectivity index (χ1) is 9.51. The van der Waals surface area contributed by atoms with Crippen molar-refractivity contribution in [3.8, 4) is 0 Å². The van der Waals surface area contributed by atoms with E-state index in [0.717, 1.165) is 19.6 Å². The summed E-state index contributed by atoms with van der Waals surface area (Å²) >= 11 is 0. The van der Waals surface area contributed by atoms with E-state index in [9.17, 15) is 8.42 Å². The zero-order valence-corrected chi connectivity index (χ0v) is 12.8. The first kappa shape index (κ1) is 15.5. The van der Waals surface area contributed by atoms with E-state index in [-0.39, 0.29) is 5.09 Å². The van der Waals surface area contributed by atoms with Gasteiger partial charge >= 0.3 is 0 Å². The SMILES string of the molecule is CNS(=O)(=O)c1ccc(CNCC2(CCOC)CC2)o1. The molecule has 20 heavy (non-hydrogen) atoms. The molecule has 0 bridgehead atoms. The second-order valence-corrected chi connectivity index (χ2v) is 7.09. The lowest BCUT2D eigenvalue weighted by atomic mass is 10.0. The molecule has 1 aliphatic rings. The van der Waals surface area contributed by atoms with Crippen molar-refractivity contribution in [2.45, 2.75) is 30.9 Å². The van der Waals surface area contributed by atoms with Crippen molar-refractivity contribution in [1.82, 2.24) is 10.0 Å². The van der Waals surface area contributed by atoms with Gasteiger partial charge in [-0.2, -0.15) is 0 Å². The molecule has 6 nitrogen and oxygen atoms in total. The Hall–Kier alpha value is -0.890. The predicted molar refractivity (Wildman–Crippen MR) is 74.8 cm³/mol. The first-order valence-electron chi connectivity index (χ1n) is 6.73. The monoisotopic (exact) mass is 302 g/mol. The quantitative estimate of drug-likeness (QED) is 0.714. The number of rotatable bonds is 9. The highest BCUT2D eigenvalue weighted by Gasteiger charge is 2.41. The van der Waals surface area contributed by atoms with Gasteiger partial charge in [0.05, 0.1) is 6.54 Å². The molecule has 1 aliphatic carbocycles. The molecule has 1 aromatic heterocycles. The molecule has 0 spiro atoms. The van der Waals surface area contributed by atoms with Crippen molar-refractivity contribution in [2.75, 3.05) is 27.3 Å². The van der Waals surface area contributed by atoms with E-state index in [2.05, 4.69) is 10.0 Å². The average molecular weight is 302 g/mol. The fourth-order valence-electron chi connectivity index (χ4n) is 2.16. The minimum atomic E-state index is -3.49. The van der Waals surface area contributed by atoms with Crippen molar-refractivity contribution in [3.05, 3.63) is 17.9 Å². The maximum atomic E-state index is 11.5. The van der Waals surface area contributed by atoms with E-state index in [1.165, 1.54) is 26.0 Å². The summed E-state index contributed by atoms with van der Waals surface area (Å²) in [7, 11) is -0.410. The average Bonchev–Trinajstić information content (AvgIpc) is 3.03. The van der Waals surface area contributed by atoms with Gasteiger partial charge in [-0.3, -0.25) is 0 Å². The van der Waals surface area contributed by atoms with Gasteiger partial charge in [0.1, 0.15) is 5.76 Å². The Labute approximate surface area is 119 Å². The van der Waals surface area contributed by atoms with Crippen molar-refractivity contribution in [2.24, 2.45) is 5.41 Å². The lowest BCUT2D eigenvalue weighted by Gasteiger charge is -2.14. The second-order valence-electron chi connectivity index (χ2n) is 5.27. The Morgan fingerprint density at radius 2 is 2.15 bits per heavy atom. The minimum absolute atomic E-state index is 0.0441. The molecular formula is C13H22N2O4S. The molecular weight excluding hydrogens is 280 g/mol. The number of furan rings is 1. The molecule has 114 valence electrons. The number of nitrogens with one attached hydrogen (secondary N) is 2. The first-order valence-corrected chi connectivity index (χ1v) is 8.22. The van der Waals surface area contributed by atoms with Gasteiger partial charge in [0.15, 0.2) is 0 Å². The maximum absolute atomic E-state index is 11.5. The summed E-state index contributed by atoms with van der Waals surface area (Å²) in [5, 5.41) is 3.29. The van der Waals surface area contributed by atoms with E-state index < -0.39 is 10.0 Å². The van der Waals surface area contributed by atoms with Gasteiger partial charge in [-0.05, 0) is 43.9 Å². The Morgan fingerprint density at radius 1 is 1.40 bits per heavy atom. The molecule has 0 amide bonds. The molecule has 2 rings (SSSR count). The van der Waals surface area contributed by atoms with Crippen LogP contribution in [0.25, 0.3) is 0 Å². The third-order valence-electron chi connectivity index (χ3n) is 3.76. The highest BCUT2D eigenvalue weighted by Crippen LogP contribution is 2.48. The van der Waals surface area contributed by atoms with E-state index in [4.69, 9.17) is 9.15 Å². The molecule has 7 heteroatoms. The third kappa shape index (κ3) is 3.82. The van der Waals surface area contributed by atoms with Crippen molar-refractivity contribution < 1.29 is 17.6 Å². The van der Waals surface area contributed by atoms with Gasteiger partial charge in [-0.15, -0.1) is 0 Å². The van der Waals surface area contributed by atoms with Gasteiger partial charge in [-0.1, -0.05) is 0 Å². The molecule has 1 saturated carbocycles. The van der Waals surface area contributed by atoms with Crippen LogP contribution in [0.15, 0.2) is 21.6 Å². The highest BCUT2D eigenvalue weighted by atomic mass is 32.2. The molecule has 0 unspecified atom stereocenters. The number of hydrogen-bond acceptors (Lipinski definition) is 5. The minimum Gasteiger partial charge on any atom is -0.447 e. The zero-order chi connectivity index (χ0) is 14.6. The molecule has 1 heterocycles. The lowest BCUT2D eigenvalue weighted by Crippen LogP contribution is -2.24. The summed E-state index contributed by atoms with van der Waals surface area (Å²) in [5.74, 6) is 0.626. The molecule has 0 atom stereocenters. The van der Waals surface area contributed by atoms with Crippen LogP contribution in [-0.2, 0) is 21.3 Å². The summed E-state index contributed by atoms with van der Waals surface area (Å²) in [6, 6.07) is 3.16. The van der Waals surface area contributed by atoms with Crippen LogP contribution in [0.2, 0.25) is 0 Å². The summed E-state index contributed by atoms with van der Waals surface area (Å²) in [4.78, 5) is 0. The smallest absolute Gasteiger partial charge is 0.273 e. The fourth-order valence-corrected chi connectivity index (χ4v) is 2.82. The van der Waals surface area contributed by atoms with Gasteiger partial charge < -0.3 is 14.5 Å². The summed E-state index contributed by atoms with van der Waals surface area (Å²) < 4.78 is 35.7. The van der Waals surface area contributed by atoms with Crippen LogP contribution in [0, 0.1) is 5.41 Å². The van der Waals surface area contributed by atoms with Crippen LogP contribution in [0.4, 0.5) is 0 Å². The summed E-state index contributed by atoms with van der Waals surface area (Å²) in [5.41, 5.74) is 0.364. The van der Waals surface area contributed by atoms with E-state index in [1.807, 2.05) is 0 Å². The van der Waals surface area contributed by atoms with Crippen molar-refractivity contribution in [3.63, 3.8) is 0 Å². The molecule has 0 aromatic carbocycles. The van der Waals surface area contributed by atoms with Crippen LogP contribution in [-0.4, -0.2) is 35.7 Å². The number of ether oxygens (including phenoxy) is 1. The van der Waals surface area contributed by atoms with Crippen LogP contribution in [0.3, 0.4) is 0 Å². The van der Waals surface area contributed by atoms with E-state index in [1.54, 1.807) is 13.2 Å². The van der Waals surface area contributed by atoms with Gasteiger partial charge in [-0.25, -0.2) is 13.1 Å². The number of sulfonamides is 1. The Kier molecular flexibility index (Phi) is 4.85. The second kappa shape index (κ2) is 6.26. The molecule has 1 fully saturated rings. The van der Waals surface area contributed by atoms with E-state index >= 15 is 0 Å². The van der Waals surface area contributed by atoms with Crippen LogP contribution in [0.5, 0.6) is 0 Å². The van der Waals surface area contributed by atoms with Gasteiger partial charge in [0.2, 0.25) is 5.09 Å². The zero-order valence-electron chi connectivity index (χ0n) is 11.9. The third-order valence-corrected chi connectivity index (χ3v) is 5.05. The Morgan fingerprint density at radius 3 is 2.75 bits per heavy atom. The van der Waals surface area contributed by atoms with Gasteiger partial charge in [0.25, 0.3) is 10.0 Å². The summed E-state index contributed by atoms with van der Waals surface area (Å²) in [6.07, 6.45) is 3.51. The Bertz CT molecular complexity index is 534. The lowest BCUT2D eigenvalue weighted by molar-refractivity contribution is 0.171. The Balaban J connectivity index is 1.81. The molecule has 0 saturated heterocycles. The predicted octanol–water partition coefficient (Wildman–Crippen LogP) is 1.09. The topological polar surface area (TPSA) is 80.6 Å². The number of hydrogen-bond donors (Lipinski definition) is 2.